The van der Waals surface area contributed by atoms with Gasteiger partial charge in [-0.15, -0.1) is 0 Å². The summed E-state index contributed by atoms with van der Waals surface area (Å²) in [5.41, 5.74) is 0.538. The zero-order chi connectivity index (χ0) is 18.8. The maximum atomic E-state index is 12.7. The third-order valence-corrected chi connectivity index (χ3v) is 4.45. The topological polar surface area (TPSA) is 82.1 Å². The average molecular weight is 355 g/mol. The molecule has 136 valence electrons. The number of likely N-dealkylation sites (N-methyl/N-ethyl adjacent to an activating group) is 1. The van der Waals surface area contributed by atoms with Crippen LogP contribution < -0.4 is 11.2 Å². The molecule has 0 bridgehead atoms. The van der Waals surface area contributed by atoms with Crippen molar-refractivity contribution in [3.8, 4) is 0 Å². The summed E-state index contributed by atoms with van der Waals surface area (Å²) in [4.78, 5) is 43.7. The van der Waals surface area contributed by atoms with Gasteiger partial charge in [0.05, 0.1) is 6.33 Å². The van der Waals surface area contributed by atoms with Crippen LogP contribution in [0.1, 0.15) is 12.5 Å². The van der Waals surface area contributed by atoms with E-state index in [0.29, 0.717) is 24.3 Å². The van der Waals surface area contributed by atoms with Gasteiger partial charge in [0.1, 0.15) is 6.54 Å². The lowest BCUT2D eigenvalue weighted by atomic mass is 10.2. The molecule has 0 saturated heterocycles. The number of amides is 1. The van der Waals surface area contributed by atoms with Gasteiger partial charge >= 0.3 is 5.69 Å². The Hall–Kier alpha value is -3.16. The lowest BCUT2D eigenvalue weighted by Gasteiger charge is -2.21. The number of rotatable bonds is 5. The van der Waals surface area contributed by atoms with Crippen molar-refractivity contribution in [1.29, 1.82) is 0 Å². The highest BCUT2D eigenvalue weighted by Crippen LogP contribution is 2.06. The van der Waals surface area contributed by atoms with E-state index in [4.69, 9.17) is 0 Å². The zero-order valence-corrected chi connectivity index (χ0v) is 15.0. The Kier molecular flexibility index (Phi) is 4.75. The van der Waals surface area contributed by atoms with E-state index in [1.165, 1.54) is 10.9 Å². The van der Waals surface area contributed by atoms with Crippen LogP contribution >= 0.6 is 0 Å². The fourth-order valence-corrected chi connectivity index (χ4v) is 2.95. The highest BCUT2D eigenvalue weighted by Gasteiger charge is 2.19. The number of benzene rings is 1. The number of hydrogen-bond acceptors (Lipinski definition) is 4. The molecule has 0 saturated carbocycles. The third kappa shape index (κ3) is 3.05. The maximum absolute atomic E-state index is 12.7. The minimum absolute atomic E-state index is 0.280. The normalized spacial score (nSPS) is 11.0. The molecule has 1 amide bonds. The van der Waals surface area contributed by atoms with Crippen LogP contribution in [0.25, 0.3) is 11.2 Å². The molecule has 0 spiro atoms. The minimum Gasteiger partial charge on any atom is -0.337 e. The van der Waals surface area contributed by atoms with Gasteiger partial charge in [-0.3, -0.25) is 14.2 Å². The fourth-order valence-electron chi connectivity index (χ4n) is 2.95. The highest BCUT2D eigenvalue weighted by molar-refractivity contribution is 5.76. The van der Waals surface area contributed by atoms with Crippen LogP contribution in [0.3, 0.4) is 0 Å². The molecule has 0 fully saturated rings. The van der Waals surface area contributed by atoms with Crippen LogP contribution in [-0.4, -0.2) is 36.0 Å². The maximum Gasteiger partial charge on any atom is 0.332 e. The predicted molar refractivity (Wildman–Crippen MR) is 97.7 cm³/mol. The largest absolute Gasteiger partial charge is 0.337 e. The molecule has 1 aromatic carbocycles. The second-order valence-electron chi connectivity index (χ2n) is 6.15. The first kappa shape index (κ1) is 17.7. The molecule has 0 atom stereocenters. The zero-order valence-electron chi connectivity index (χ0n) is 15.0. The number of carbonyl (C=O) groups excluding carboxylic acids is 1. The van der Waals surface area contributed by atoms with Crippen LogP contribution in [-0.2, 0) is 32.0 Å². The smallest absolute Gasteiger partial charge is 0.332 e. The van der Waals surface area contributed by atoms with E-state index in [-0.39, 0.29) is 12.5 Å². The Morgan fingerprint density at radius 2 is 1.85 bits per heavy atom. The molecule has 0 aliphatic carbocycles. The van der Waals surface area contributed by atoms with Crippen LogP contribution in [0.2, 0.25) is 0 Å². The molecule has 8 heteroatoms. The van der Waals surface area contributed by atoms with E-state index >= 15 is 0 Å². The molecule has 0 unspecified atom stereocenters. The predicted octanol–water partition coefficient (Wildman–Crippen LogP) is 0.482. The monoisotopic (exact) mass is 355 g/mol. The van der Waals surface area contributed by atoms with E-state index < -0.39 is 11.2 Å². The van der Waals surface area contributed by atoms with Gasteiger partial charge in [0, 0.05) is 27.2 Å². The van der Waals surface area contributed by atoms with Crippen molar-refractivity contribution in [2.24, 2.45) is 14.1 Å². The molecular formula is C18H21N5O3. The Bertz CT molecular complexity index is 1060. The summed E-state index contributed by atoms with van der Waals surface area (Å²) in [7, 11) is 3.22. The number of fused-ring (bicyclic) bond motifs is 1. The lowest BCUT2D eigenvalue weighted by Crippen LogP contribution is -2.44. The first-order valence-electron chi connectivity index (χ1n) is 8.36. The van der Waals surface area contributed by atoms with Gasteiger partial charge in [-0.25, -0.2) is 14.3 Å². The molecule has 0 aliphatic heterocycles. The van der Waals surface area contributed by atoms with E-state index in [0.717, 1.165) is 10.1 Å². The minimum atomic E-state index is -0.551. The Morgan fingerprint density at radius 3 is 2.50 bits per heavy atom. The van der Waals surface area contributed by atoms with Crippen molar-refractivity contribution in [3.05, 3.63) is 63.1 Å². The van der Waals surface area contributed by atoms with Crippen LogP contribution in [0, 0.1) is 0 Å². The van der Waals surface area contributed by atoms with Gasteiger partial charge < -0.3 is 9.47 Å². The summed E-state index contributed by atoms with van der Waals surface area (Å²) in [5, 5.41) is 0. The number of aryl methyl sites for hydroxylation is 2. The summed E-state index contributed by atoms with van der Waals surface area (Å²) in [5.74, 6) is -0.280. The quantitative estimate of drug-likeness (QED) is 0.667. The second kappa shape index (κ2) is 6.99. The summed E-state index contributed by atoms with van der Waals surface area (Å²) in [6.07, 6.45) is 1.48. The number of carbonyl (C=O) groups is 1. The number of hydrogen-bond donors (Lipinski definition) is 0. The van der Waals surface area contributed by atoms with Gasteiger partial charge in [-0.1, -0.05) is 30.3 Å². The Balaban J connectivity index is 1.95. The molecular weight excluding hydrogens is 334 g/mol. The van der Waals surface area contributed by atoms with E-state index in [1.807, 2.05) is 37.3 Å². The van der Waals surface area contributed by atoms with E-state index in [9.17, 15) is 14.4 Å². The van der Waals surface area contributed by atoms with E-state index in [1.54, 1.807) is 23.6 Å². The molecule has 0 N–H and O–H groups in total. The fraction of sp³-hybridized carbons (Fsp3) is 0.333. The number of imidazole rings is 1. The summed E-state index contributed by atoms with van der Waals surface area (Å²) in [6.45, 7) is 2.48. The standard InChI is InChI=1S/C18H21N5O3/c1-4-22(10-13-8-6-5-7-9-13)14(24)11-23-17(25)15-16(19-12-20(15)2)21(3)18(23)26/h5-9,12H,4,10-11H2,1-3H3. The second-order valence-corrected chi connectivity index (χ2v) is 6.15. The van der Waals surface area contributed by atoms with Crippen molar-refractivity contribution in [2.75, 3.05) is 6.54 Å². The number of nitrogens with zero attached hydrogens (tertiary/aromatic N) is 5. The van der Waals surface area contributed by atoms with Crippen molar-refractivity contribution in [2.45, 2.75) is 20.0 Å². The highest BCUT2D eigenvalue weighted by atomic mass is 16.2. The van der Waals surface area contributed by atoms with Gasteiger partial charge in [0.15, 0.2) is 11.2 Å². The third-order valence-electron chi connectivity index (χ3n) is 4.45. The average Bonchev–Trinajstić information content (AvgIpc) is 3.04. The summed E-state index contributed by atoms with van der Waals surface area (Å²) < 4.78 is 3.82. The van der Waals surface area contributed by atoms with Gasteiger partial charge in [-0.05, 0) is 12.5 Å². The van der Waals surface area contributed by atoms with Crippen LogP contribution in [0.15, 0.2) is 46.2 Å². The van der Waals surface area contributed by atoms with Crippen molar-refractivity contribution >= 4 is 17.1 Å². The first-order chi connectivity index (χ1) is 12.4. The van der Waals surface area contributed by atoms with Crippen LogP contribution in [0.4, 0.5) is 0 Å². The summed E-state index contributed by atoms with van der Waals surface area (Å²) >= 11 is 0. The first-order valence-corrected chi connectivity index (χ1v) is 8.36. The lowest BCUT2D eigenvalue weighted by molar-refractivity contribution is -0.132. The molecule has 0 aliphatic rings. The Labute approximate surface area is 149 Å². The van der Waals surface area contributed by atoms with Crippen molar-refractivity contribution in [3.63, 3.8) is 0 Å². The number of aromatic nitrogens is 4. The molecule has 0 radical (unpaired) electrons. The summed E-state index contributed by atoms with van der Waals surface area (Å²) in [6, 6.07) is 9.59. The van der Waals surface area contributed by atoms with Crippen molar-refractivity contribution in [1.82, 2.24) is 23.6 Å². The van der Waals surface area contributed by atoms with Crippen molar-refractivity contribution < 1.29 is 4.79 Å². The van der Waals surface area contributed by atoms with Gasteiger partial charge in [-0.2, -0.15) is 0 Å². The van der Waals surface area contributed by atoms with Crippen LogP contribution in [0.5, 0.6) is 0 Å². The molecule has 2 heterocycles. The van der Waals surface area contributed by atoms with Gasteiger partial charge in [0.25, 0.3) is 5.56 Å². The molecule has 2 aromatic heterocycles. The molecule has 26 heavy (non-hydrogen) atoms. The van der Waals surface area contributed by atoms with Gasteiger partial charge in [0.2, 0.25) is 5.91 Å². The van der Waals surface area contributed by atoms with E-state index in [2.05, 4.69) is 4.98 Å². The molecule has 8 nitrogen and oxygen atoms in total. The Morgan fingerprint density at radius 1 is 1.15 bits per heavy atom. The molecule has 3 rings (SSSR count). The SMILES string of the molecule is CCN(Cc1ccccc1)C(=O)Cn1c(=O)c2c(ncn2C)n(C)c1=O. The molecule has 3 aromatic rings.